The summed E-state index contributed by atoms with van der Waals surface area (Å²) in [5.41, 5.74) is 3.29. The molecule has 1 aromatic rings. The van der Waals surface area contributed by atoms with Crippen molar-refractivity contribution in [2.24, 2.45) is 0 Å². The minimum atomic E-state index is -2.59. The second-order valence-corrected chi connectivity index (χ2v) is 30.6. The van der Waals surface area contributed by atoms with E-state index in [9.17, 15) is 0 Å². The van der Waals surface area contributed by atoms with Crippen molar-refractivity contribution < 1.29 is 35.4 Å². The summed E-state index contributed by atoms with van der Waals surface area (Å²) in [5.74, 6) is 0.299. The van der Waals surface area contributed by atoms with Gasteiger partial charge in [-0.05, 0) is 50.0 Å². The first-order valence-corrected chi connectivity index (χ1v) is 30.7. The quantitative estimate of drug-likeness (QED) is 0.0834. The minimum Gasteiger partial charge on any atom is -0.397 e. The fraction of sp³-hybridized carbons (Fsp3) is 0.800. The molecular weight excluding hydrogens is 685 g/mol. The molecule has 0 fully saturated rings. The van der Waals surface area contributed by atoms with Gasteiger partial charge in [0.25, 0.3) is 0 Å². The maximum Gasteiger partial charge on any atom is 0.500 e. The summed E-state index contributed by atoms with van der Waals surface area (Å²) in [6.45, 7) is 16.2. The zero-order chi connectivity index (χ0) is 35.0. The van der Waals surface area contributed by atoms with Crippen molar-refractivity contribution in [3.63, 3.8) is 0 Å². The zero-order valence-corrected chi connectivity index (χ0v) is 38.3. The van der Waals surface area contributed by atoms with Crippen LogP contribution in [-0.4, -0.2) is 129 Å². The van der Waals surface area contributed by atoms with Gasteiger partial charge in [-0.3, -0.25) is 0 Å². The molecule has 1 unspecified atom stereocenters. The zero-order valence-electron chi connectivity index (χ0n) is 31.6. The van der Waals surface area contributed by atoms with Crippen molar-refractivity contribution in [3.8, 4) is 0 Å². The lowest BCUT2D eigenvalue weighted by Gasteiger charge is -2.33. The van der Waals surface area contributed by atoms with Gasteiger partial charge in [0.15, 0.2) is 0 Å². The van der Waals surface area contributed by atoms with Crippen molar-refractivity contribution in [2.75, 3.05) is 70.0 Å². The largest absolute Gasteiger partial charge is 0.500 e. The smallest absolute Gasteiger partial charge is 0.397 e. The molecule has 0 radical (unpaired) electrons. The van der Waals surface area contributed by atoms with E-state index in [-0.39, 0.29) is 5.54 Å². The first-order chi connectivity index (χ1) is 21.8. The molecule has 0 aliphatic carbocycles. The van der Waals surface area contributed by atoms with Gasteiger partial charge in [0.2, 0.25) is 0 Å². The predicted octanol–water partition coefficient (Wildman–Crippen LogP) is 2.21. The molecule has 46 heavy (non-hydrogen) atoms. The molecular formula is C30H68N2O8Si6. The van der Waals surface area contributed by atoms with Crippen LogP contribution in [0, 0.1) is 0 Å². The first kappa shape index (κ1) is 44.1. The van der Waals surface area contributed by atoms with Crippen LogP contribution in [0.4, 0.5) is 0 Å². The Balaban J connectivity index is 3.22. The molecule has 0 aromatic heterocycles. The van der Waals surface area contributed by atoms with Gasteiger partial charge in [-0.15, -0.1) is 0 Å². The van der Waals surface area contributed by atoms with E-state index in [0.717, 1.165) is 44.4 Å². The molecule has 1 aromatic carbocycles. The Morgan fingerprint density at radius 1 is 0.696 bits per heavy atom. The third-order valence-electron chi connectivity index (χ3n) is 9.58. The van der Waals surface area contributed by atoms with Crippen LogP contribution in [0.25, 0.3) is 0 Å². The Hall–Kier alpha value is 0.121. The van der Waals surface area contributed by atoms with Crippen LogP contribution < -0.4 is 21.0 Å². The standard InChI is InChI=1S/C30H68N2O8Si6/c1-25(44(14,33-2)34-3)26-17-18-28(42(10)11)29(43(12)13)27(26)19-22-41-30(31-20-15-23-45(35-4,36-5)37-6)32-21-16-24-46(38-7,39-8)40-9/h17-18,25,30-32,42-43H,15-16,19-24,41H2,1-14H3. The third-order valence-corrected chi connectivity index (χ3v) is 24.6. The Bertz CT molecular complexity index is 940. The number of hydrogen-bond acceptors (Lipinski definition) is 10. The van der Waals surface area contributed by atoms with Crippen LogP contribution in [0.3, 0.4) is 0 Å². The van der Waals surface area contributed by atoms with Gasteiger partial charge in [-0.1, -0.05) is 61.7 Å². The first-order valence-electron chi connectivity index (χ1n) is 16.9. The van der Waals surface area contributed by atoms with E-state index in [0.29, 0.717) is 5.79 Å². The molecule has 0 saturated heterocycles. The van der Waals surface area contributed by atoms with Gasteiger partial charge in [0, 0.05) is 80.3 Å². The molecule has 0 amide bonds. The molecule has 1 rings (SSSR count). The highest BCUT2D eigenvalue weighted by Crippen LogP contribution is 2.30. The average Bonchev–Trinajstić information content (AvgIpc) is 3.07. The number of hydrogen-bond donors (Lipinski definition) is 2. The second-order valence-electron chi connectivity index (χ2n) is 12.7. The van der Waals surface area contributed by atoms with Crippen LogP contribution in [0.5, 0.6) is 0 Å². The molecule has 2 N–H and O–H groups in total. The summed E-state index contributed by atoms with van der Waals surface area (Å²) in [5, 5.41) is 11.1. The predicted molar refractivity (Wildman–Crippen MR) is 207 cm³/mol. The minimum absolute atomic E-state index is 0.249. The van der Waals surface area contributed by atoms with Crippen molar-refractivity contribution in [2.45, 2.75) is 88.4 Å². The van der Waals surface area contributed by atoms with Gasteiger partial charge in [0.05, 0.1) is 27.1 Å². The van der Waals surface area contributed by atoms with Crippen molar-refractivity contribution in [1.82, 2.24) is 10.6 Å². The SMILES string of the molecule is CO[Si](CCCNC(NCCC[Si](OC)(OC)OC)[SiH2]CCc1c(C(C)[Si](C)(OC)OC)ccc([SiH](C)C)c1[SiH](C)C)(OC)OC. The summed E-state index contributed by atoms with van der Waals surface area (Å²) in [4.78, 5) is 0. The van der Waals surface area contributed by atoms with Crippen LogP contribution in [0.1, 0.15) is 36.4 Å². The summed E-state index contributed by atoms with van der Waals surface area (Å²) in [6, 6.07) is 7.62. The molecule has 0 saturated carbocycles. The van der Waals surface area contributed by atoms with E-state index in [1.54, 1.807) is 58.6 Å². The summed E-state index contributed by atoms with van der Waals surface area (Å²) >= 11 is 0. The Kier molecular flexibility index (Phi) is 21.2. The van der Waals surface area contributed by atoms with Crippen molar-refractivity contribution >= 4 is 63.7 Å². The molecule has 0 aliphatic rings. The summed E-state index contributed by atoms with van der Waals surface area (Å²) in [7, 11) is 3.53. The lowest BCUT2D eigenvalue weighted by Crippen LogP contribution is -2.50. The van der Waals surface area contributed by atoms with Crippen LogP contribution in [0.15, 0.2) is 12.1 Å². The van der Waals surface area contributed by atoms with Gasteiger partial charge in [0.1, 0.15) is 0 Å². The monoisotopic (exact) mass is 752 g/mol. The maximum absolute atomic E-state index is 6.06. The molecule has 0 bridgehead atoms. The van der Waals surface area contributed by atoms with Crippen LogP contribution in [0.2, 0.25) is 50.9 Å². The van der Waals surface area contributed by atoms with Crippen molar-refractivity contribution in [3.05, 3.63) is 23.3 Å². The molecule has 0 heterocycles. The topological polar surface area (TPSA) is 97.9 Å². The third kappa shape index (κ3) is 12.5. The van der Waals surface area contributed by atoms with E-state index in [4.69, 9.17) is 35.4 Å². The molecule has 0 aliphatic heterocycles. The highest BCUT2D eigenvalue weighted by atomic mass is 28.4. The fourth-order valence-electron chi connectivity index (χ4n) is 6.32. The Morgan fingerprint density at radius 3 is 1.52 bits per heavy atom. The van der Waals surface area contributed by atoms with Crippen molar-refractivity contribution in [1.29, 1.82) is 0 Å². The van der Waals surface area contributed by atoms with Gasteiger partial charge >= 0.3 is 26.2 Å². The van der Waals surface area contributed by atoms with E-state index in [2.05, 4.69) is 62.4 Å². The van der Waals surface area contributed by atoms with Gasteiger partial charge < -0.3 is 46.0 Å². The highest BCUT2D eigenvalue weighted by Gasteiger charge is 2.40. The number of rotatable bonds is 26. The molecule has 16 heteroatoms. The van der Waals surface area contributed by atoms with E-state index < -0.39 is 53.3 Å². The average molecular weight is 753 g/mol. The molecule has 0 spiro atoms. The number of nitrogens with one attached hydrogen (secondary N) is 2. The summed E-state index contributed by atoms with van der Waals surface area (Å²) < 4.78 is 46.0. The Labute approximate surface area is 290 Å². The Morgan fingerprint density at radius 2 is 1.15 bits per heavy atom. The lowest BCUT2D eigenvalue weighted by atomic mass is 10.0. The molecule has 270 valence electrons. The van der Waals surface area contributed by atoms with Gasteiger partial charge in [-0.2, -0.15) is 0 Å². The molecule has 10 nitrogen and oxygen atoms in total. The van der Waals surface area contributed by atoms with E-state index >= 15 is 0 Å². The summed E-state index contributed by atoms with van der Waals surface area (Å²) in [6.07, 6.45) is 2.95. The van der Waals surface area contributed by atoms with E-state index in [1.807, 2.05) is 14.2 Å². The molecule has 1 atom stereocenters. The number of benzene rings is 1. The fourth-order valence-corrected chi connectivity index (χ4v) is 18.3. The van der Waals surface area contributed by atoms with Crippen LogP contribution in [-0.2, 0) is 41.8 Å². The van der Waals surface area contributed by atoms with Gasteiger partial charge in [-0.25, -0.2) is 0 Å². The second kappa shape index (κ2) is 22.0. The highest BCUT2D eigenvalue weighted by molar-refractivity contribution is 6.82. The van der Waals surface area contributed by atoms with Crippen LogP contribution >= 0.6 is 0 Å². The maximum atomic E-state index is 6.06. The lowest BCUT2D eigenvalue weighted by molar-refractivity contribution is 0.122. The normalized spacial score (nSPS) is 14.1. The van der Waals surface area contributed by atoms with E-state index in [1.165, 1.54) is 11.6 Å².